The number of fused-ring (bicyclic) bond motifs is 1. The quantitative estimate of drug-likeness (QED) is 0.764. The third-order valence-corrected chi connectivity index (χ3v) is 4.59. The van der Waals surface area contributed by atoms with Crippen molar-refractivity contribution in [3.8, 4) is 0 Å². The third-order valence-electron chi connectivity index (χ3n) is 3.21. The van der Waals surface area contributed by atoms with E-state index in [0.717, 1.165) is 0 Å². The van der Waals surface area contributed by atoms with Crippen molar-refractivity contribution in [2.75, 3.05) is 0 Å². The van der Waals surface area contributed by atoms with Gasteiger partial charge in [0.2, 0.25) is 0 Å². The zero-order valence-corrected chi connectivity index (χ0v) is 10.8. The number of carbonyl (C=O) groups excluding carboxylic acids is 1. The second-order valence-corrected chi connectivity index (χ2v) is 5.79. The summed E-state index contributed by atoms with van der Waals surface area (Å²) in [4.78, 5) is 13.3. The number of rotatable bonds is 1. The minimum atomic E-state index is 0.252. The van der Waals surface area contributed by atoms with Crippen LogP contribution in [0.15, 0.2) is 59.5 Å². The minimum absolute atomic E-state index is 0.252. The molecule has 90 valence electrons. The van der Waals surface area contributed by atoms with Crippen LogP contribution in [0.5, 0.6) is 0 Å². The molecule has 1 aliphatic heterocycles. The van der Waals surface area contributed by atoms with Crippen molar-refractivity contribution in [2.24, 2.45) is 0 Å². The molecule has 0 saturated heterocycles. The first-order valence-electron chi connectivity index (χ1n) is 6.14. The van der Waals surface area contributed by atoms with Gasteiger partial charge in [0.05, 0.1) is 0 Å². The Morgan fingerprint density at radius 2 is 1.67 bits per heavy atom. The van der Waals surface area contributed by atoms with E-state index < -0.39 is 0 Å². The van der Waals surface area contributed by atoms with Gasteiger partial charge in [0.25, 0.3) is 0 Å². The number of ketones is 1. The molecule has 2 aromatic carbocycles. The summed E-state index contributed by atoms with van der Waals surface area (Å²) in [7, 11) is 0. The van der Waals surface area contributed by atoms with Crippen molar-refractivity contribution in [3.05, 3.63) is 65.7 Å². The van der Waals surface area contributed by atoms with Crippen LogP contribution in [-0.4, -0.2) is 5.78 Å². The first-order valence-corrected chi connectivity index (χ1v) is 7.02. The summed E-state index contributed by atoms with van der Waals surface area (Å²) in [6, 6.07) is 18.5. The normalized spacial score (nSPS) is 19.1. The van der Waals surface area contributed by atoms with Crippen LogP contribution in [-0.2, 0) is 11.2 Å². The van der Waals surface area contributed by atoms with E-state index in [-0.39, 0.29) is 5.25 Å². The average molecular weight is 254 g/mol. The van der Waals surface area contributed by atoms with E-state index in [1.54, 1.807) is 0 Å². The average Bonchev–Trinajstić information content (AvgIpc) is 2.57. The van der Waals surface area contributed by atoms with Gasteiger partial charge in [0.1, 0.15) is 5.78 Å². The molecule has 1 aliphatic rings. The smallest absolute Gasteiger partial charge is 0.138 e. The van der Waals surface area contributed by atoms with Gasteiger partial charge in [0, 0.05) is 23.0 Å². The van der Waals surface area contributed by atoms with E-state index in [0.29, 0.717) is 18.6 Å². The molecule has 0 radical (unpaired) electrons. The largest absolute Gasteiger partial charge is 0.299 e. The fourth-order valence-electron chi connectivity index (χ4n) is 2.30. The van der Waals surface area contributed by atoms with Gasteiger partial charge in [-0.3, -0.25) is 4.79 Å². The van der Waals surface area contributed by atoms with Crippen molar-refractivity contribution in [2.45, 2.75) is 23.0 Å². The van der Waals surface area contributed by atoms with Gasteiger partial charge in [-0.2, -0.15) is 0 Å². The molecule has 1 nitrogen and oxygen atoms in total. The Hall–Kier alpha value is -1.54. The van der Waals surface area contributed by atoms with Gasteiger partial charge in [0.15, 0.2) is 0 Å². The predicted octanol–water partition coefficient (Wildman–Crippen LogP) is 4.04. The van der Waals surface area contributed by atoms with E-state index >= 15 is 0 Å². The van der Waals surface area contributed by atoms with Crippen molar-refractivity contribution in [1.82, 2.24) is 0 Å². The van der Waals surface area contributed by atoms with Crippen LogP contribution < -0.4 is 0 Å². The van der Waals surface area contributed by atoms with Gasteiger partial charge < -0.3 is 0 Å². The highest BCUT2D eigenvalue weighted by molar-refractivity contribution is 7.99. The van der Waals surface area contributed by atoms with E-state index in [2.05, 4.69) is 24.3 Å². The summed E-state index contributed by atoms with van der Waals surface area (Å²) >= 11 is 1.81. The molecule has 0 fully saturated rings. The van der Waals surface area contributed by atoms with Gasteiger partial charge in [-0.05, 0) is 17.2 Å². The summed E-state index contributed by atoms with van der Waals surface area (Å²) in [5.74, 6) is 0.335. The molecule has 0 N–H and O–H groups in total. The molecule has 0 bridgehead atoms. The monoisotopic (exact) mass is 254 g/mol. The molecule has 0 spiro atoms. The Kier molecular flexibility index (Phi) is 3.20. The SMILES string of the molecule is O=C1Cc2ccccc2SC(c2ccccc2)C1. The summed E-state index contributed by atoms with van der Waals surface area (Å²) in [6.45, 7) is 0. The highest BCUT2D eigenvalue weighted by Gasteiger charge is 2.23. The second-order valence-electron chi connectivity index (χ2n) is 4.54. The first kappa shape index (κ1) is 11.5. The van der Waals surface area contributed by atoms with Gasteiger partial charge in [-0.15, -0.1) is 11.8 Å². The van der Waals surface area contributed by atoms with Gasteiger partial charge in [-0.1, -0.05) is 48.5 Å². The van der Waals surface area contributed by atoms with Crippen molar-refractivity contribution in [1.29, 1.82) is 0 Å². The lowest BCUT2D eigenvalue weighted by molar-refractivity contribution is -0.118. The third kappa shape index (κ3) is 2.34. The lowest BCUT2D eigenvalue weighted by Crippen LogP contribution is -2.04. The minimum Gasteiger partial charge on any atom is -0.299 e. The maximum atomic E-state index is 12.0. The highest BCUT2D eigenvalue weighted by Crippen LogP contribution is 2.42. The molecule has 0 aliphatic carbocycles. The van der Waals surface area contributed by atoms with E-state index in [1.165, 1.54) is 16.0 Å². The van der Waals surface area contributed by atoms with Crippen LogP contribution in [0.4, 0.5) is 0 Å². The number of carbonyl (C=O) groups is 1. The number of Topliss-reactive ketones (excluding diaryl/α,β-unsaturated/α-hetero) is 1. The van der Waals surface area contributed by atoms with Crippen LogP contribution in [0, 0.1) is 0 Å². The molecule has 18 heavy (non-hydrogen) atoms. The van der Waals surface area contributed by atoms with Crippen LogP contribution in [0.2, 0.25) is 0 Å². The Morgan fingerprint density at radius 3 is 2.50 bits per heavy atom. The molecule has 0 saturated carbocycles. The lowest BCUT2D eigenvalue weighted by Gasteiger charge is -2.13. The van der Waals surface area contributed by atoms with Gasteiger partial charge in [-0.25, -0.2) is 0 Å². The Balaban J connectivity index is 1.97. The molecule has 1 heterocycles. The maximum absolute atomic E-state index is 12.0. The Bertz CT molecular complexity index is 562. The van der Waals surface area contributed by atoms with Crippen LogP contribution >= 0.6 is 11.8 Å². The Morgan fingerprint density at radius 1 is 0.944 bits per heavy atom. The summed E-state index contributed by atoms with van der Waals surface area (Å²) in [6.07, 6.45) is 1.20. The van der Waals surface area contributed by atoms with Crippen molar-refractivity contribution >= 4 is 17.5 Å². The lowest BCUT2D eigenvalue weighted by atomic mass is 10.0. The molecule has 0 aromatic heterocycles. The second kappa shape index (κ2) is 4.99. The fourth-order valence-corrected chi connectivity index (χ4v) is 3.62. The van der Waals surface area contributed by atoms with E-state index in [4.69, 9.17) is 0 Å². The number of hydrogen-bond acceptors (Lipinski definition) is 2. The van der Waals surface area contributed by atoms with Crippen LogP contribution in [0.3, 0.4) is 0 Å². The summed E-state index contributed by atoms with van der Waals surface area (Å²) in [5.41, 5.74) is 2.42. The molecule has 2 aromatic rings. The number of thioether (sulfide) groups is 1. The van der Waals surface area contributed by atoms with Crippen LogP contribution in [0.1, 0.15) is 22.8 Å². The summed E-state index contributed by atoms with van der Waals surface area (Å²) < 4.78 is 0. The molecule has 0 amide bonds. The van der Waals surface area contributed by atoms with Crippen LogP contribution in [0.25, 0.3) is 0 Å². The number of benzene rings is 2. The molecule has 2 heteroatoms. The van der Waals surface area contributed by atoms with Crippen molar-refractivity contribution < 1.29 is 4.79 Å². The maximum Gasteiger partial charge on any atom is 0.138 e. The molecule has 1 atom stereocenters. The molecular weight excluding hydrogens is 240 g/mol. The molecule has 3 rings (SSSR count). The first-order chi connectivity index (χ1) is 8.83. The highest BCUT2D eigenvalue weighted by atomic mass is 32.2. The van der Waals surface area contributed by atoms with Gasteiger partial charge >= 0.3 is 0 Å². The van der Waals surface area contributed by atoms with Crippen molar-refractivity contribution in [3.63, 3.8) is 0 Å². The molecule has 1 unspecified atom stereocenters. The topological polar surface area (TPSA) is 17.1 Å². The number of hydrogen-bond donors (Lipinski definition) is 0. The predicted molar refractivity (Wildman–Crippen MR) is 74.8 cm³/mol. The van der Waals surface area contributed by atoms with E-state index in [1.807, 2.05) is 42.1 Å². The van der Waals surface area contributed by atoms with E-state index in [9.17, 15) is 4.79 Å². The molecular formula is C16H14OS. The zero-order chi connectivity index (χ0) is 12.4. The Labute approximate surface area is 111 Å². The summed E-state index contributed by atoms with van der Waals surface area (Å²) in [5, 5.41) is 0.252. The fraction of sp³-hybridized carbons (Fsp3) is 0.188. The standard InChI is InChI=1S/C16H14OS/c17-14-10-13-8-4-5-9-15(13)18-16(11-14)12-6-2-1-3-7-12/h1-9,16H,10-11H2. The zero-order valence-electron chi connectivity index (χ0n) is 10.0.